The molecule has 7 heteroatoms. The van der Waals surface area contributed by atoms with E-state index in [9.17, 15) is 4.79 Å². The molecular formula is C23H26N2O5. The van der Waals surface area contributed by atoms with Crippen molar-refractivity contribution in [3.8, 4) is 5.75 Å². The Morgan fingerprint density at radius 1 is 0.900 bits per heavy atom. The van der Waals surface area contributed by atoms with Crippen LogP contribution in [0.5, 0.6) is 5.75 Å². The third kappa shape index (κ3) is 3.70. The van der Waals surface area contributed by atoms with Gasteiger partial charge < -0.3 is 23.8 Å². The summed E-state index contributed by atoms with van der Waals surface area (Å²) in [5.74, 6) is 0.323. The smallest absolute Gasteiger partial charge is 0.414 e. The topological polar surface area (TPSA) is 60.5 Å². The number of anilines is 2. The van der Waals surface area contributed by atoms with Gasteiger partial charge >= 0.3 is 6.09 Å². The predicted molar refractivity (Wildman–Crippen MR) is 112 cm³/mol. The molecule has 1 spiro atoms. The average molecular weight is 410 g/mol. The highest BCUT2D eigenvalue weighted by Gasteiger charge is 2.40. The number of fused-ring (bicyclic) bond motifs is 1. The van der Waals surface area contributed by atoms with E-state index in [4.69, 9.17) is 18.9 Å². The van der Waals surface area contributed by atoms with Gasteiger partial charge in [0.2, 0.25) is 0 Å². The third-order valence-electron chi connectivity index (χ3n) is 5.93. The van der Waals surface area contributed by atoms with E-state index in [0.29, 0.717) is 26.4 Å². The second-order valence-corrected chi connectivity index (χ2v) is 7.76. The van der Waals surface area contributed by atoms with Gasteiger partial charge in [0.1, 0.15) is 13.2 Å². The molecule has 0 N–H and O–H groups in total. The van der Waals surface area contributed by atoms with Crippen LogP contribution in [0.2, 0.25) is 0 Å². The molecule has 2 aromatic rings. The minimum atomic E-state index is -0.417. The van der Waals surface area contributed by atoms with Gasteiger partial charge in [-0.25, -0.2) is 4.79 Å². The molecule has 158 valence electrons. The molecule has 0 atom stereocenters. The number of hydrogen-bond donors (Lipinski definition) is 0. The maximum Gasteiger partial charge on any atom is 0.414 e. The van der Waals surface area contributed by atoms with Crippen molar-refractivity contribution in [2.75, 3.05) is 49.3 Å². The van der Waals surface area contributed by atoms with Crippen molar-refractivity contribution in [2.45, 2.75) is 25.2 Å². The highest BCUT2D eigenvalue weighted by atomic mass is 16.7. The van der Waals surface area contributed by atoms with Gasteiger partial charge in [0.25, 0.3) is 0 Å². The van der Waals surface area contributed by atoms with Gasteiger partial charge in [0.05, 0.1) is 31.1 Å². The summed E-state index contributed by atoms with van der Waals surface area (Å²) in [6, 6.07) is 15.6. The number of benzene rings is 2. The van der Waals surface area contributed by atoms with Crippen LogP contribution in [0.4, 0.5) is 16.2 Å². The second-order valence-electron chi connectivity index (χ2n) is 7.76. The lowest BCUT2D eigenvalue weighted by Gasteiger charge is -2.40. The zero-order chi connectivity index (χ0) is 20.4. The quantitative estimate of drug-likeness (QED) is 0.771. The van der Waals surface area contributed by atoms with Crippen LogP contribution in [0.25, 0.3) is 0 Å². The van der Waals surface area contributed by atoms with Gasteiger partial charge in [-0.15, -0.1) is 0 Å². The lowest BCUT2D eigenvalue weighted by atomic mass is 10.0. The van der Waals surface area contributed by atoms with Gasteiger partial charge in [0, 0.05) is 25.9 Å². The number of hydrogen-bond acceptors (Lipinski definition) is 6. The molecule has 3 heterocycles. The van der Waals surface area contributed by atoms with Crippen molar-refractivity contribution in [1.82, 2.24) is 0 Å². The Kier molecular flexibility index (Phi) is 5.23. The molecule has 0 unspecified atom stereocenters. The molecule has 2 saturated heterocycles. The fourth-order valence-corrected chi connectivity index (χ4v) is 4.34. The van der Waals surface area contributed by atoms with Crippen LogP contribution >= 0.6 is 0 Å². The van der Waals surface area contributed by atoms with Crippen LogP contribution in [-0.2, 0) is 20.8 Å². The van der Waals surface area contributed by atoms with Crippen molar-refractivity contribution in [2.24, 2.45) is 0 Å². The number of para-hydroxylation sites is 1. The van der Waals surface area contributed by atoms with Gasteiger partial charge in [-0.05, 0) is 17.7 Å². The van der Waals surface area contributed by atoms with E-state index in [1.165, 1.54) is 0 Å². The van der Waals surface area contributed by atoms with Crippen LogP contribution in [0.3, 0.4) is 0 Å². The van der Waals surface area contributed by atoms with Crippen LogP contribution in [0.15, 0.2) is 48.5 Å². The standard InChI is InChI=1S/C23H26N2O5/c26-22(28-17-18-5-2-1-3-6-18)25-13-14-27-21-19(7-4-8-20(21)25)24-11-9-23(10-12-24)29-15-16-30-23/h1-8H,9-17H2. The summed E-state index contributed by atoms with van der Waals surface area (Å²) in [7, 11) is 0. The zero-order valence-corrected chi connectivity index (χ0v) is 16.9. The Morgan fingerprint density at radius 2 is 1.63 bits per heavy atom. The van der Waals surface area contributed by atoms with Crippen molar-refractivity contribution < 1.29 is 23.7 Å². The lowest BCUT2D eigenvalue weighted by Crippen LogP contribution is -2.45. The van der Waals surface area contributed by atoms with Gasteiger partial charge in [-0.1, -0.05) is 36.4 Å². The summed E-state index contributed by atoms with van der Waals surface area (Å²) >= 11 is 0. The molecule has 0 aromatic heterocycles. The molecule has 0 aliphatic carbocycles. The Balaban J connectivity index is 1.30. The maximum absolute atomic E-state index is 12.8. The van der Waals surface area contributed by atoms with Gasteiger partial charge in [0.15, 0.2) is 11.5 Å². The summed E-state index contributed by atoms with van der Waals surface area (Å²) in [5, 5.41) is 0. The average Bonchev–Trinajstić information content (AvgIpc) is 3.26. The molecule has 2 fully saturated rings. The Hall–Kier alpha value is -2.77. The summed E-state index contributed by atoms with van der Waals surface area (Å²) in [6.45, 7) is 4.13. The SMILES string of the molecule is O=C(OCc1ccccc1)N1CCOc2c(N3CCC4(CC3)OCCO4)cccc21. The van der Waals surface area contributed by atoms with E-state index < -0.39 is 5.79 Å². The molecule has 3 aliphatic heterocycles. The molecule has 1 amide bonds. The molecule has 0 saturated carbocycles. The lowest BCUT2D eigenvalue weighted by molar-refractivity contribution is -0.169. The Morgan fingerprint density at radius 3 is 2.40 bits per heavy atom. The van der Waals surface area contributed by atoms with Crippen molar-refractivity contribution in [1.29, 1.82) is 0 Å². The van der Waals surface area contributed by atoms with E-state index in [1.54, 1.807) is 4.90 Å². The van der Waals surface area contributed by atoms with Crippen LogP contribution in [0, 0.1) is 0 Å². The van der Waals surface area contributed by atoms with Crippen LogP contribution in [-0.4, -0.2) is 51.3 Å². The van der Waals surface area contributed by atoms with E-state index in [1.807, 2.05) is 48.5 Å². The molecule has 5 rings (SSSR count). The second kappa shape index (κ2) is 8.16. The number of nitrogens with zero attached hydrogens (tertiary/aromatic N) is 2. The summed E-state index contributed by atoms with van der Waals surface area (Å²) in [6.07, 6.45) is 1.28. The third-order valence-corrected chi connectivity index (χ3v) is 5.93. The summed E-state index contributed by atoms with van der Waals surface area (Å²) in [5.41, 5.74) is 2.72. The number of carbonyl (C=O) groups excluding carboxylic acids is 1. The number of piperidine rings is 1. The fraction of sp³-hybridized carbons (Fsp3) is 0.435. The first-order chi connectivity index (χ1) is 14.7. The van der Waals surface area contributed by atoms with E-state index >= 15 is 0 Å². The zero-order valence-electron chi connectivity index (χ0n) is 16.9. The van der Waals surface area contributed by atoms with Crippen molar-refractivity contribution in [3.63, 3.8) is 0 Å². The highest BCUT2D eigenvalue weighted by molar-refractivity contribution is 5.92. The Bertz CT molecular complexity index is 888. The predicted octanol–water partition coefficient (Wildman–Crippen LogP) is 3.57. The molecule has 0 radical (unpaired) electrons. The van der Waals surface area contributed by atoms with Crippen LogP contribution < -0.4 is 14.5 Å². The molecule has 0 bridgehead atoms. The maximum atomic E-state index is 12.8. The van der Waals surface area contributed by atoms with E-state index in [0.717, 1.165) is 48.6 Å². The summed E-state index contributed by atoms with van der Waals surface area (Å²) < 4.78 is 23.3. The highest BCUT2D eigenvalue weighted by Crippen LogP contribution is 2.43. The molecule has 3 aliphatic rings. The Labute approximate surface area is 176 Å². The van der Waals surface area contributed by atoms with E-state index in [-0.39, 0.29) is 12.7 Å². The first-order valence-corrected chi connectivity index (χ1v) is 10.5. The largest absolute Gasteiger partial charge is 0.487 e. The first-order valence-electron chi connectivity index (χ1n) is 10.5. The summed E-state index contributed by atoms with van der Waals surface area (Å²) in [4.78, 5) is 16.7. The number of rotatable bonds is 3. The molecular weight excluding hydrogens is 384 g/mol. The van der Waals surface area contributed by atoms with E-state index in [2.05, 4.69) is 4.90 Å². The normalized spacial score (nSPS) is 20.0. The van der Waals surface area contributed by atoms with Crippen LogP contribution in [0.1, 0.15) is 18.4 Å². The first kappa shape index (κ1) is 19.2. The number of carbonyl (C=O) groups is 1. The number of ether oxygens (including phenoxy) is 4. The monoisotopic (exact) mass is 410 g/mol. The van der Waals surface area contributed by atoms with Gasteiger partial charge in [-0.3, -0.25) is 4.90 Å². The molecule has 7 nitrogen and oxygen atoms in total. The minimum Gasteiger partial charge on any atom is -0.487 e. The van der Waals surface area contributed by atoms with Gasteiger partial charge in [-0.2, -0.15) is 0 Å². The minimum absolute atomic E-state index is 0.250. The van der Waals surface area contributed by atoms with Crippen molar-refractivity contribution in [3.05, 3.63) is 54.1 Å². The van der Waals surface area contributed by atoms with Crippen molar-refractivity contribution >= 4 is 17.5 Å². The fourth-order valence-electron chi connectivity index (χ4n) is 4.34. The number of amides is 1. The molecule has 2 aromatic carbocycles. The molecule has 30 heavy (non-hydrogen) atoms.